The quantitative estimate of drug-likeness (QED) is 0.378. The second kappa shape index (κ2) is 7.64. The van der Waals surface area contributed by atoms with Gasteiger partial charge in [-0.05, 0) is 17.7 Å². The van der Waals surface area contributed by atoms with Crippen molar-refractivity contribution in [2.24, 2.45) is 0 Å². The first kappa shape index (κ1) is 19.3. The van der Waals surface area contributed by atoms with Crippen LogP contribution in [0.5, 0.6) is 0 Å². The monoisotopic (exact) mass is 408 g/mol. The molecule has 0 unspecified atom stereocenters. The molecule has 0 aliphatic rings. The Bertz CT molecular complexity index is 1090. The second-order valence-corrected chi connectivity index (χ2v) is 6.76. The van der Waals surface area contributed by atoms with Crippen molar-refractivity contribution in [3.63, 3.8) is 0 Å². The van der Waals surface area contributed by atoms with Gasteiger partial charge in [-0.3, -0.25) is 20.2 Å². The normalized spacial score (nSPS) is 10.7. The van der Waals surface area contributed by atoms with E-state index < -0.39 is 45.2 Å². The molecule has 3 rings (SSSR count). The Kier molecular flexibility index (Phi) is 5.27. The van der Waals surface area contributed by atoms with Crippen LogP contribution in [0.2, 0.25) is 0 Å². The largest absolute Gasteiger partial charge is 0.393 e. The van der Waals surface area contributed by atoms with Crippen molar-refractivity contribution >= 4 is 33.8 Å². The number of carbonyl (C=O) groups is 1. The van der Waals surface area contributed by atoms with Crippen LogP contribution in [-0.2, 0) is 6.42 Å². The van der Waals surface area contributed by atoms with Gasteiger partial charge in [0.05, 0.1) is 16.6 Å². The van der Waals surface area contributed by atoms with Crippen LogP contribution in [0.3, 0.4) is 0 Å². The van der Waals surface area contributed by atoms with E-state index in [-0.39, 0.29) is 17.1 Å². The molecule has 0 saturated carbocycles. The van der Waals surface area contributed by atoms with E-state index in [1.54, 1.807) is 0 Å². The number of thiazole rings is 1. The Balaban J connectivity index is 1.78. The number of nitro benzene ring substituents is 1. The predicted octanol–water partition coefficient (Wildman–Crippen LogP) is 3.89. The lowest BCUT2D eigenvalue weighted by molar-refractivity contribution is -0.384. The van der Waals surface area contributed by atoms with Gasteiger partial charge in [0, 0.05) is 23.6 Å². The maximum absolute atomic E-state index is 13.7. The maximum Gasteiger partial charge on any atom is 0.295 e. The fourth-order valence-corrected chi connectivity index (χ4v) is 3.24. The zero-order chi connectivity index (χ0) is 20.4. The fourth-order valence-electron chi connectivity index (χ4n) is 2.41. The summed E-state index contributed by atoms with van der Waals surface area (Å²) in [6, 6.07) is 4.58. The van der Waals surface area contributed by atoms with Crippen molar-refractivity contribution in [3.05, 3.63) is 80.1 Å². The summed E-state index contributed by atoms with van der Waals surface area (Å²) in [5.41, 5.74) is 4.22. The van der Waals surface area contributed by atoms with Crippen LogP contribution in [0.25, 0.3) is 0 Å². The minimum atomic E-state index is -0.988. The number of nitro groups is 1. The van der Waals surface area contributed by atoms with Crippen molar-refractivity contribution in [2.45, 2.75) is 6.42 Å². The molecule has 144 valence electrons. The number of nitrogen functional groups attached to an aromatic ring is 1. The molecular formula is C17H11F3N4O3S. The molecule has 1 aromatic heterocycles. The van der Waals surface area contributed by atoms with Gasteiger partial charge in [-0.1, -0.05) is 6.07 Å². The van der Waals surface area contributed by atoms with Gasteiger partial charge in [0.25, 0.3) is 11.6 Å². The SMILES string of the molecule is Nc1c(C(=O)Nc2ncc(Cc3ccc(F)cc3F)s2)cc(F)cc1[N+](=O)[O-]. The van der Waals surface area contributed by atoms with Gasteiger partial charge in [-0.2, -0.15) is 0 Å². The predicted molar refractivity (Wildman–Crippen MR) is 96.7 cm³/mol. The smallest absolute Gasteiger partial charge is 0.295 e. The van der Waals surface area contributed by atoms with Crippen LogP contribution >= 0.6 is 11.3 Å². The lowest BCUT2D eigenvalue weighted by Crippen LogP contribution is -2.15. The highest BCUT2D eigenvalue weighted by Gasteiger charge is 2.22. The molecule has 3 N–H and O–H groups in total. The number of hydrogen-bond acceptors (Lipinski definition) is 6. The van der Waals surface area contributed by atoms with E-state index in [1.165, 1.54) is 12.3 Å². The molecular weight excluding hydrogens is 397 g/mol. The number of halogens is 3. The lowest BCUT2D eigenvalue weighted by Gasteiger charge is -2.06. The maximum atomic E-state index is 13.7. The molecule has 11 heteroatoms. The Hall–Kier alpha value is -3.47. The van der Waals surface area contributed by atoms with E-state index in [2.05, 4.69) is 10.3 Å². The van der Waals surface area contributed by atoms with E-state index in [9.17, 15) is 28.1 Å². The summed E-state index contributed by atoms with van der Waals surface area (Å²) in [5, 5.41) is 13.4. The Labute approximate surface area is 159 Å². The topological polar surface area (TPSA) is 111 Å². The average molecular weight is 408 g/mol. The molecule has 3 aromatic rings. The van der Waals surface area contributed by atoms with E-state index in [0.29, 0.717) is 10.9 Å². The number of benzene rings is 2. The van der Waals surface area contributed by atoms with Crippen molar-refractivity contribution in [2.75, 3.05) is 11.1 Å². The van der Waals surface area contributed by atoms with Gasteiger partial charge in [-0.15, -0.1) is 11.3 Å². The van der Waals surface area contributed by atoms with Crippen LogP contribution in [0.15, 0.2) is 36.5 Å². The first-order valence-electron chi connectivity index (χ1n) is 7.68. The molecule has 0 bridgehead atoms. The molecule has 1 amide bonds. The molecule has 7 nitrogen and oxygen atoms in total. The number of amides is 1. The van der Waals surface area contributed by atoms with Crippen LogP contribution in [-0.4, -0.2) is 15.8 Å². The number of carbonyl (C=O) groups excluding carboxylic acids is 1. The zero-order valence-electron chi connectivity index (χ0n) is 13.9. The number of aromatic nitrogens is 1. The van der Waals surface area contributed by atoms with Crippen LogP contribution in [0.4, 0.5) is 29.7 Å². The van der Waals surface area contributed by atoms with Crippen LogP contribution < -0.4 is 11.1 Å². The summed E-state index contributed by atoms with van der Waals surface area (Å²) >= 11 is 1.01. The molecule has 0 spiro atoms. The summed E-state index contributed by atoms with van der Waals surface area (Å²) in [6.07, 6.45) is 1.51. The van der Waals surface area contributed by atoms with Gasteiger partial charge >= 0.3 is 0 Å². The lowest BCUT2D eigenvalue weighted by atomic mass is 10.1. The summed E-state index contributed by atoms with van der Waals surface area (Å²) in [5.74, 6) is -3.27. The number of anilines is 2. The Morgan fingerprint density at radius 3 is 2.64 bits per heavy atom. The van der Waals surface area contributed by atoms with Gasteiger partial charge < -0.3 is 5.73 Å². The first-order valence-corrected chi connectivity index (χ1v) is 8.49. The molecule has 1 heterocycles. The van der Waals surface area contributed by atoms with E-state index in [1.807, 2.05) is 0 Å². The van der Waals surface area contributed by atoms with Crippen LogP contribution in [0, 0.1) is 27.6 Å². The summed E-state index contributed by atoms with van der Waals surface area (Å²) in [6.45, 7) is 0. The number of rotatable bonds is 5. The third kappa shape index (κ3) is 4.09. The standard InChI is InChI=1S/C17H11F3N4O3S/c18-9-2-1-8(13(20)5-9)3-11-7-22-17(28-11)23-16(25)12-4-10(19)6-14(15(12)21)24(26)27/h1-2,4-7H,3,21H2,(H,22,23,25). The molecule has 0 fully saturated rings. The third-order valence-corrected chi connectivity index (χ3v) is 4.63. The average Bonchev–Trinajstić information content (AvgIpc) is 3.05. The summed E-state index contributed by atoms with van der Waals surface area (Å²) in [7, 11) is 0. The van der Waals surface area contributed by atoms with Crippen molar-refractivity contribution < 1.29 is 22.9 Å². The van der Waals surface area contributed by atoms with Gasteiger partial charge in [0.1, 0.15) is 23.1 Å². The second-order valence-electron chi connectivity index (χ2n) is 5.64. The highest BCUT2D eigenvalue weighted by Crippen LogP contribution is 2.28. The third-order valence-electron chi connectivity index (χ3n) is 3.72. The summed E-state index contributed by atoms with van der Waals surface area (Å²) < 4.78 is 40.3. The van der Waals surface area contributed by atoms with E-state index in [0.717, 1.165) is 29.5 Å². The van der Waals surface area contributed by atoms with Gasteiger partial charge in [0.15, 0.2) is 5.13 Å². The first-order chi connectivity index (χ1) is 13.2. The van der Waals surface area contributed by atoms with Crippen molar-refractivity contribution in [1.29, 1.82) is 0 Å². The minimum Gasteiger partial charge on any atom is -0.393 e. The van der Waals surface area contributed by atoms with Gasteiger partial charge in [0.2, 0.25) is 0 Å². The van der Waals surface area contributed by atoms with E-state index in [4.69, 9.17) is 5.73 Å². The fraction of sp³-hybridized carbons (Fsp3) is 0.0588. The number of nitrogens with zero attached hydrogens (tertiary/aromatic N) is 2. The molecule has 0 saturated heterocycles. The summed E-state index contributed by atoms with van der Waals surface area (Å²) in [4.78, 5) is 26.8. The van der Waals surface area contributed by atoms with Crippen LogP contribution in [0.1, 0.15) is 20.8 Å². The molecule has 0 radical (unpaired) electrons. The number of nitrogens with two attached hydrogens (primary N) is 1. The van der Waals surface area contributed by atoms with Crippen molar-refractivity contribution in [1.82, 2.24) is 4.98 Å². The number of nitrogens with one attached hydrogen (secondary N) is 1. The number of hydrogen-bond donors (Lipinski definition) is 2. The molecule has 0 aliphatic carbocycles. The highest BCUT2D eigenvalue weighted by molar-refractivity contribution is 7.15. The molecule has 28 heavy (non-hydrogen) atoms. The molecule has 0 atom stereocenters. The van der Waals surface area contributed by atoms with Gasteiger partial charge in [-0.25, -0.2) is 18.2 Å². The van der Waals surface area contributed by atoms with E-state index >= 15 is 0 Å². The highest BCUT2D eigenvalue weighted by atomic mass is 32.1. The zero-order valence-corrected chi connectivity index (χ0v) is 14.7. The van der Waals surface area contributed by atoms with Crippen molar-refractivity contribution in [3.8, 4) is 0 Å². The Morgan fingerprint density at radius 2 is 1.96 bits per heavy atom. The minimum absolute atomic E-state index is 0.105. The molecule has 0 aliphatic heterocycles. The molecule has 2 aromatic carbocycles. The Morgan fingerprint density at radius 1 is 1.21 bits per heavy atom.